The average Bonchev–Trinajstić information content (AvgIpc) is 2.98. The number of rotatable bonds is 6. The van der Waals surface area contributed by atoms with Crippen LogP contribution >= 0.6 is 0 Å². The first-order valence-electron chi connectivity index (χ1n) is 10.8. The summed E-state index contributed by atoms with van der Waals surface area (Å²) in [5.41, 5.74) is 7.11. The van der Waals surface area contributed by atoms with Crippen molar-refractivity contribution in [3.63, 3.8) is 0 Å². The zero-order chi connectivity index (χ0) is 22.0. The van der Waals surface area contributed by atoms with Gasteiger partial charge in [-0.1, -0.05) is 0 Å². The second-order valence-corrected chi connectivity index (χ2v) is 12.6. The molecule has 1 unspecified atom stereocenters. The van der Waals surface area contributed by atoms with E-state index in [-0.39, 0.29) is 40.9 Å². The predicted octanol–water partition coefficient (Wildman–Crippen LogP) is -3.42. The van der Waals surface area contributed by atoms with Crippen LogP contribution in [0.15, 0.2) is 102 Å². The van der Waals surface area contributed by atoms with Crippen molar-refractivity contribution in [1.82, 2.24) is 0 Å². The smallest absolute Gasteiger partial charge is 1.00 e. The minimum atomic E-state index is -1.44. The summed E-state index contributed by atoms with van der Waals surface area (Å²) in [5.74, 6) is 0.919. The molecule has 0 saturated carbocycles. The van der Waals surface area contributed by atoms with Crippen LogP contribution in [0.25, 0.3) is 5.57 Å². The Morgan fingerprint density at radius 1 is 0.735 bits per heavy atom. The quantitative estimate of drug-likeness (QED) is 0.284. The van der Waals surface area contributed by atoms with Gasteiger partial charge in [-0.15, -0.1) is 0 Å². The first kappa shape index (κ1) is 30.8. The third kappa shape index (κ3) is 5.93. The Morgan fingerprint density at radius 2 is 1.26 bits per heavy atom. The second kappa shape index (κ2) is 13.2. The van der Waals surface area contributed by atoms with Crippen LogP contribution < -0.4 is 52.3 Å². The molecule has 3 aromatic rings. The molecule has 0 bridgehead atoms. The van der Waals surface area contributed by atoms with Crippen molar-refractivity contribution >= 4 is 24.7 Å². The van der Waals surface area contributed by atoms with Crippen molar-refractivity contribution in [1.29, 1.82) is 0 Å². The monoisotopic (exact) mass is 562 g/mol. The van der Waals surface area contributed by atoms with Crippen LogP contribution in [0.4, 0.5) is 0 Å². The van der Waals surface area contributed by atoms with Gasteiger partial charge in [0.05, 0.1) is 0 Å². The molecule has 0 saturated heterocycles. The molecule has 176 valence electrons. The van der Waals surface area contributed by atoms with Crippen molar-refractivity contribution in [2.45, 2.75) is 30.5 Å². The van der Waals surface area contributed by atoms with Gasteiger partial charge < -0.3 is 37.2 Å². The van der Waals surface area contributed by atoms with E-state index in [0.717, 1.165) is 11.8 Å². The maximum atomic E-state index is 5.56. The summed E-state index contributed by atoms with van der Waals surface area (Å²) >= 11 is 2.46. The second-order valence-electron chi connectivity index (χ2n) is 8.47. The molecule has 1 aliphatic carbocycles. The van der Waals surface area contributed by atoms with Crippen LogP contribution in [0, 0.1) is 0 Å². The van der Waals surface area contributed by atoms with Gasteiger partial charge in [-0.25, -0.2) is 0 Å². The van der Waals surface area contributed by atoms with E-state index < -0.39 is 8.80 Å². The van der Waals surface area contributed by atoms with Gasteiger partial charge in [0.15, 0.2) is 0 Å². The molecule has 3 aromatic carbocycles. The molecule has 6 heteroatoms. The fraction of sp³-hybridized carbons (Fsp3) is 0.214. The normalized spacial score (nSPS) is 17.1. The molecule has 0 amide bonds. The third-order valence-electron chi connectivity index (χ3n) is 6.84. The summed E-state index contributed by atoms with van der Waals surface area (Å²) in [6.45, 7) is 6.92. The molecule has 0 N–H and O–H groups in total. The summed E-state index contributed by atoms with van der Waals surface area (Å²) < 4.78 is 5.57. The third-order valence-corrected chi connectivity index (χ3v) is 12.2. The van der Waals surface area contributed by atoms with Crippen LogP contribution in [0.1, 0.15) is 26.3 Å². The van der Waals surface area contributed by atoms with E-state index in [2.05, 4.69) is 120 Å². The van der Waals surface area contributed by atoms with E-state index in [1.807, 2.05) is 6.07 Å². The molecule has 1 atom stereocenters. The van der Waals surface area contributed by atoms with Gasteiger partial charge in [0, 0.05) is 0 Å². The molecule has 4 rings (SSSR count). The molecule has 0 aliphatic heterocycles. The zero-order valence-electron chi connectivity index (χ0n) is 19.9. The summed E-state index contributed by atoms with van der Waals surface area (Å²) in [6, 6.07) is 32.1. The molecule has 1 aliphatic rings. The first-order chi connectivity index (χ1) is 15.0. The summed E-state index contributed by atoms with van der Waals surface area (Å²) in [4.78, 5) is 0. The van der Waals surface area contributed by atoms with Gasteiger partial charge in [-0.2, -0.15) is 0 Å². The summed E-state index contributed by atoms with van der Waals surface area (Å²) in [5, 5.41) is 3.02. The maximum absolute atomic E-state index is 5.56. The van der Waals surface area contributed by atoms with Gasteiger partial charge in [-0.05, 0) is 0 Å². The Kier molecular flexibility index (Phi) is 11.9. The molecule has 0 aromatic heterocycles. The van der Waals surface area contributed by atoms with Gasteiger partial charge in [0.1, 0.15) is 0 Å². The minimum Gasteiger partial charge on any atom is -1.00 e. The van der Waals surface area contributed by atoms with Gasteiger partial charge in [-0.3, -0.25) is 0 Å². The number of methoxy groups -OCH3 is 1. The number of halogens is 3. The Labute approximate surface area is 236 Å². The summed E-state index contributed by atoms with van der Waals surface area (Å²) in [7, 11) is 0.302. The molecule has 0 spiro atoms. The van der Waals surface area contributed by atoms with E-state index in [1.54, 1.807) is 7.11 Å². The molecule has 0 fully saturated rings. The van der Waals surface area contributed by atoms with Crippen LogP contribution in [0.5, 0.6) is 5.75 Å². The van der Waals surface area contributed by atoms with Crippen molar-refractivity contribution in [3.8, 4) is 5.75 Å². The molecule has 1 nitrogen and oxygen atoms in total. The fourth-order valence-electron chi connectivity index (χ4n) is 4.90. The van der Waals surface area contributed by atoms with Gasteiger partial charge in [0.2, 0.25) is 0 Å². The Hall–Kier alpha value is -1.26. The number of hydrogen-bond donors (Lipinski definition) is 0. The van der Waals surface area contributed by atoms with Crippen LogP contribution in [-0.2, 0) is 20.4 Å². The Balaban J connectivity index is 0.00000193. The topological polar surface area (TPSA) is 9.23 Å². The van der Waals surface area contributed by atoms with E-state index in [4.69, 9.17) is 4.74 Å². The molecular weight excluding hydrogens is 535 g/mol. The minimum absolute atomic E-state index is 0. The maximum Gasteiger partial charge on any atom is -1.00 e. The fourth-order valence-corrected chi connectivity index (χ4v) is 10.0. The van der Waals surface area contributed by atoms with Crippen LogP contribution in [0.2, 0.25) is 9.76 Å². The first-order valence-corrected chi connectivity index (χ1v) is 13.6. The van der Waals surface area contributed by atoms with E-state index >= 15 is 0 Å². The predicted molar refractivity (Wildman–Crippen MR) is 131 cm³/mol. The summed E-state index contributed by atoms with van der Waals surface area (Å²) in [6.07, 6.45) is 0. The number of ether oxygens (including phenoxy) is 1. The van der Waals surface area contributed by atoms with Crippen molar-refractivity contribution in [3.05, 3.63) is 107 Å². The van der Waals surface area contributed by atoms with Crippen LogP contribution in [-0.4, -0.2) is 15.9 Å². The molecule has 0 heterocycles. The standard InChI is InChI=1S/C28H29OSi.3ClH.Ti/c1-20-21(2)27(28(22(20)3)23-12-11-13-24(18-23)29-4)19-30(25-14-7-5-8-15-25)26-16-9-6-10-17-26;;;;/h5-18,30H,19H2,1-4H3;3*1H;/q;;;;+3/p-3. The van der Waals surface area contributed by atoms with Crippen molar-refractivity contribution in [2.24, 2.45) is 0 Å². The Bertz CT molecular complexity index is 1110. The number of hydrogen-bond acceptors (Lipinski definition) is 1. The SMILES string of the molecule is COc1cccc(C2=C(C)C(C)=C(C)[C]2([Ti+3])C[SiH](c2ccccc2)c2ccccc2)c1.[Cl-].[Cl-].[Cl-]. The van der Waals surface area contributed by atoms with Crippen molar-refractivity contribution in [2.75, 3.05) is 7.11 Å². The zero-order valence-corrected chi connectivity index (χ0v) is 24.9. The average molecular weight is 564 g/mol. The van der Waals surface area contributed by atoms with Crippen molar-refractivity contribution < 1.29 is 62.4 Å². The van der Waals surface area contributed by atoms with Crippen LogP contribution in [0.3, 0.4) is 0 Å². The van der Waals surface area contributed by atoms with E-state index in [1.165, 1.54) is 38.2 Å². The number of benzene rings is 3. The number of allylic oxidation sites excluding steroid dienone is 4. The molecule has 0 radical (unpaired) electrons. The van der Waals surface area contributed by atoms with Gasteiger partial charge >= 0.3 is 201 Å². The van der Waals surface area contributed by atoms with E-state index in [0.29, 0.717) is 0 Å². The van der Waals surface area contributed by atoms with E-state index in [9.17, 15) is 0 Å². The molecule has 34 heavy (non-hydrogen) atoms. The largest absolute Gasteiger partial charge is 1.00 e. The molecular formula is C28H29Cl3OSiTi. The van der Waals surface area contributed by atoms with Gasteiger partial charge in [0.25, 0.3) is 0 Å². The Morgan fingerprint density at radius 3 is 1.76 bits per heavy atom.